The van der Waals surface area contributed by atoms with E-state index in [0.717, 1.165) is 0 Å². The number of hydrogen-bond donors (Lipinski definition) is 1. The molecule has 0 aromatic heterocycles. The van der Waals surface area contributed by atoms with E-state index in [2.05, 4.69) is 11.9 Å². The first-order chi connectivity index (χ1) is 17.6. The molecule has 0 heterocycles. The zero-order valence-corrected chi connectivity index (χ0v) is 22.2. The summed E-state index contributed by atoms with van der Waals surface area (Å²) in [6.45, 7) is 5.58. The smallest absolute Gasteiger partial charge is 0.414 e. The molecule has 0 rings (SSSR count). The van der Waals surface area contributed by atoms with Crippen molar-refractivity contribution in [1.82, 2.24) is 5.32 Å². The van der Waals surface area contributed by atoms with Gasteiger partial charge in [-0.2, -0.15) is 21.0 Å². The number of nitrogens with zero attached hydrogens (tertiary/aromatic N) is 6. The van der Waals surface area contributed by atoms with Gasteiger partial charge < -0.3 is 23.2 Å². The predicted molar refractivity (Wildman–Crippen MR) is 128 cm³/mol. The molecule has 204 valence electrons. The molecule has 0 aromatic rings. The fourth-order valence-electron chi connectivity index (χ4n) is 3.02. The van der Waals surface area contributed by atoms with Crippen LogP contribution in [0.1, 0.15) is 6.92 Å². The minimum atomic E-state index is -1.53. The Hall–Kier alpha value is -4.50. The third-order valence-corrected chi connectivity index (χ3v) is 5.14. The second-order valence-corrected chi connectivity index (χ2v) is 9.66. The molecular formula is C24H33N7O7+2. The SMILES string of the molecule is C=C(C)C(=O)NC(=O)OC(C[N+](C)(C)CCOC(=O)C(C#N)C#N)C[N+](C)(C)CCOC(=O)C(C#N)C#N. The molecule has 0 atom stereocenters. The van der Waals surface area contributed by atoms with Crippen molar-refractivity contribution in [1.29, 1.82) is 21.0 Å². The van der Waals surface area contributed by atoms with E-state index in [-0.39, 0.29) is 53.9 Å². The van der Waals surface area contributed by atoms with Gasteiger partial charge in [-0.3, -0.25) is 10.1 Å². The molecule has 38 heavy (non-hydrogen) atoms. The van der Waals surface area contributed by atoms with Gasteiger partial charge in [-0.1, -0.05) is 6.58 Å². The molecule has 0 aliphatic rings. The quantitative estimate of drug-likeness (QED) is 0.134. The zero-order chi connectivity index (χ0) is 29.5. The second kappa shape index (κ2) is 15.6. The Balaban J connectivity index is 5.38. The van der Waals surface area contributed by atoms with E-state index in [1.54, 1.807) is 28.2 Å². The summed E-state index contributed by atoms with van der Waals surface area (Å²) < 4.78 is 15.9. The average molecular weight is 532 g/mol. The molecule has 0 fully saturated rings. The minimum absolute atomic E-state index is 0.105. The number of alkyl carbamates (subject to hydrolysis) is 1. The van der Waals surface area contributed by atoms with Crippen LogP contribution in [-0.2, 0) is 28.6 Å². The number of nitrogens with one attached hydrogen (secondary N) is 1. The number of imide groups is 1. The molecular weight excluding hydrogens is 498 g/mol. The van der Waals surface area contributed by atoms with Crippen molar-refractivity contribution < 1.29 is 42.4 Å². The van der Waals surface area contributed by atoms with Crippen LogP contribution in [0.25, 0.3) is 0 Å². The van der Waals surface area contributed by atoms with E-state index in [1.165, 1.54) is 31.2 Å². The van der Waals surface area contributed by atoms with E-state index in [1.807, 2.05) is 0 Å². The molecule has 0 unspecified atom stereocenters. The van der Waals surface area contributed by atoms with Crippen LogP contribution in [0.4, 0.5) is 4.79 Å². The Kier molecular flexibility index (Phi) is 13.7. The topological polar surface area (TPSA) is 203 Å². The Bertz CT molecular complexity index is 982. The number of quaternary nitrogens is 2. The summed E-state index contributed by atoms with van der Waals surface area (Å²) in [6, 6.07) is 6.14. The van der Waals surface area contributed by atoms with E-state index >= 15 is 0 Å². The highest BCUT2D eigenvalue weighted by molar-refractivity contribution is 6.01. The van der Waals surface area contributed by atoms with Gasteiger partial charge >= 0.3 is 18.0 Å². The maximum Gasteiger partial charge on any atom is 0.414 e. The number of carbonyl (C=O) groups is 4. The van der Waals surface area contributed by atoms with Crippen LogP contribution in [0.15, 0.2) is 12.2 Å². The zero-order valence-electron chi connectivity index (χ0n) is 22.2. The van der Waals surface area contributed by atoms with Crippen molar-refractivity contribution in [2.45, 2.75) is 13.0 Å². The van der Waals surface area contributed by atoms with Gasteiger partial charge in [-0.05, 0) is 6.92 Å². The fourth-order valence-corrected chi connectivity index (χ4v) is 3.02. The van der Waals surface area contributed by atoms with Crippen LogP contribution in [-0.4, -0.2) is 107 Å². The molecule has 0 aliphatic carbocycles. The maximum absolute atomic E-state index is 12.4. The first kappa shape index (κ1) is 33.5. The van der Waals surface area contributed by atoms with Crippen molar-refractivity contribution in [2.75, 3.05) is 67.6 Å². The molecule has 14 heteroatoms. The fraction of sp³-hybridized carbons (Fsp3) is 0.583. The Morgan fingerprint density at radius 3 is 1.47 bits per heavy atom. The number of amides is 2. The summed E-state index contributed by atoms with van der Waals surface area (Å²) in [5, 5.41) is 37.2. The highest BCUT2D eigenvalue weighted by Gasteiger charge is 2.33. The van der Waals surface area contributed by atoms with Crippen LogP contribution in [0.5, 0.6) is 0 Å². The molecule has 0 aliphatic heterocycles. The third-order valence-electron chi connectivity index (χ3n) is 5.14. The van der Waals surface area contributed by atoms with Gasteiger partial charge in [0, 0.05) is 5.57 Å². The number of hydrogen-bond acceptors (Lipinski definition) is 11. The van der Waals surface area contributed by atoms with Crippen LogP contribution in [0.2, 0.25) is 0 Å². The van der Waals surface area contributed by atoms with Crippen LogP contribution >= 0.6 is 0 Å². The Morgan fingerprint density at radius 2 is 1.16 bits per heavy atom. The number of esters is 2. The Labute approximate surface area is 221 Å². The lowest BCUT2D eigenvalue weighted by Gasteiger charge is -2.37. The summed E-state index contributed by atoms with van der Waals surface area (Å²) >= 11 is 0. The first-order valence-electron chi connectivity index (χ1n) is 11.3. The normalized spacial score (nSPS) is 10.9. The number of nitriles is 4. The van der Waals surface area contributed by atoms with Gasteiger partial charge in [-0.25, -0.2) is 14.4 Å². The molecule has 0 bridgehead atoms. The molecule has 0 radical (unpaired) electrons. The highest BCUT2D eigenvalue weighted by Crippen LogP contribution is 2.11. The van der Waals surface area contributed by atoms with E-state index < -0.39 is 41.9 Å². The van der Waals surface area contributed by atoms with Gasteiger partial charge in [0.2, 0.25) is 17.9 Å². The molecule has 14 nitrogen and oxygen atoms in total. The number of likely N-dealkylation sites (N-methyl/N-ethyl adjacent to an activating group) is 2. The van der Waals surface area contributed by atoms with Crippen molar-refractivity contribution >= 4 is 23.9 Å². The summed E-state index contributed by atoms with van der Waals surface area (Å²) in [5.41, 5.74) is 0.107. The minimum Gasteiger partial charge on any atom is -0.458 e. The third kappa shape index (κ3) is 13.0. The maximum atomic E-state index is 12.4. The van der Waals surface area contributed by atoms with Gasteiger partial charge in [-0.15, -0.1) is 0 Å². The molecule has 1 N–H and O–H groups in total. The summed E-state index contributed by atoms with van der Waals surface area (Å²) in [5.74, 6) is -5.67. The van der Waals surface area contributed by atoms with Crippen molar-refractivity contribution in [2.24, 2.45) is 11.8 Å². The van der Waals surface area contributed by atoms with Crippen LogP contribution < -0.4 is 5.32 Å². The van der Waals surface area contributed by atoms with Gasteiger partial charge in [0.05, 0.1) is 52.5 Å². The van der Waals surface area contributed by atoms with Gasteiger partial charge in [0.1, 0.15) is 39.4 Å². The molecule has 0 saturated carbocycles. The van der Waals surface area contributed by atoms with Gasteiger partial charge in [0.25, 0.3) is 5.91 Å². The first-order valence-corrected chi connectivity index (χ1v) is 11.3. The number of ether oxygens (including phenoxy) is 3. The second-order valence-electron chi connectivity index (χ2n) is 9.66. The van der Waals surface area contributed by atoms with Crippen LogP contribution in [0.3, 0.4) is 0 Å². The summed E-state index contributed by atoms with van der Waals surface area (Å²) in [4.78, 5) is 47.7. The Morgan fingerprint density at radius 1 is 0.789 bits per heavy atom. The lowest BCUT2D eigenvalue weighted by Crippen LogP contribution is -2.56. The van der Waals surface area contributed by atoms with E-state index in [4.69, 9.17) is 35.3 Å². The standard InChI is InChI=1S/C24H32N7O7/c1-17(2)21(32)29-24(35)38-20(15-30(3,4)7-9-36-22(33)18(11-25)12-26)16-31(5,6)8-10-37-23(34)19(13-27)14-28/h18-20H,1,7-10,15-16H2,2-6H3/q+1/p+1. The largest absolute Gasteiger partial charge is 0.458 e. The molecule has 0 saturated heterocycles. The van der Waals surface area contributed by atoms with Crippen molar-refractivity contribution in [3.05, 3.63) is 12.2 Å². The van der Waals surface area contributed by atoms with Crippen molar-refractivity contribution in [3.8, 4) is 24.3 Å². The molecule has 0 spiro atoms. The lowest BCUT2D eigenvalue weighted by molar-refractivity contribution is -0.914. The predicted octanol–water partition coefficient (Wildman–Crippen LogP) is -0.250. The molecule has 0 aromatic carbocycles. The van der Waals surface area contributed by atoms with E-state index in [0.29, 0.717) is 0 Å². The van der Waals surface area contributed by atoms with Crippen molar-refractivity contribution in [3.63, 3.8) is 0 Å². The average Bonchev–Trinajstić information content (AvgIpc) is 2.79. The summed E-state index contributed by atoms with van der Waals surface area (Å²) in [7, 11) is 7.11. The highest BCUT2D eigenvalue weighted by atomic mass is 16.6. The van der Waals surface area contributed by atoms with Crippen LogP contribution in [0, 0.1) is 57.2 Å². The van der Waals surface area contributed by atoms with E-state index in [9.17, 15) is 19.2 Å². The van der Waals surface area contributed by atoms with Gasteiger partial charge in [0.15, 0.2) is 0 Å². The monoisotopic (exact) mass is 531 g/mol. The summed E-state index contributed by atoms with van der Waals surface area (Å²) in [6.07, 6.45) is -1.76. The lowest BCUT2D eigenvalue weighted by atomic mass is 10.2. The molecule has 2 amide bonds. The number of carbonyl (C=O) groups excluding carboxylic acids is 4. The number of rotatable bonds is 14.